The second-order valence-electron chi connectivity index (χ2n) is 3.71. The smallest absolute Gasteiger partial charge is 0.128 e. The highest BCUT2D eigenvalue weighted by Crippen LogP contribution is 2.14. The fourth-order valence-electron chi connectivity index (χ4n) is 1.50. The number of hydrogen-bond donors (Lipinski definition) is 1. The van der Waals surface area contributed by atoms with E-state index in [0.717, 1.165) is 11.4 Å². The van der Waals surface area contributed by atoms with Gasteiger partial charge in [-0.25, -0.2) is 4.39 Å². The second kappa shape index (κ2) is 4.35. The van der Waals surface area contributed by atoms with Crippen LogP contribution in [0.25, 0.3) is 0 Å². The third kappa shape index (κ3) is 2.05. The lowest BCUT2D eigenvalue weighted by Gasteiger charge is -2.06. The number of halogens is 1. The highest BCUT2D eigenvalue weighted by molar-refractivity contribution is 5.46. The molecule has 0 spiro atoms. The Morgan fingerprint density at radius 2 is 2.12 bits per heavy atom. The van der Waals surface area contributed by atoms with Crippen molar-refractivity contribution in [1.82, 2.24) is 9.78 Å². The van der Waals surface area contributed by atoms with Crippen molar-refractivity contribution in [2.45, 2.75) is 13.5 Å². The molecule has 1 aromatic carbocycles. The van der Waals surface area contributed by atoms with E-state index in [2.05, 4.69) is 10.4 Å². The Labute approximate surface area is 93.9 Å². The van der Waals surface area contributed by atoms with Crippen molar-refractivity contribution >= 4 is 5.69 Å². The highest BCUT2D eigenvalue weighted by atomic mass is 19.1. The molecule has 3 nitrogen and oxygen atoms in total. The minimum atomic E-state index is -0.184. The molecule has 2 rings (SSSR count). The van der Waals surface area contributed by atoms with Crippen molar-refractivity contribution in [3.63, 3.8) is 0 Å². The molecule has 0 aliphatic carbocycles. The predicted octanol–water partition coefficient (Wildman–Crippen LogP) is 2.48. The summed E-state index contributed by atoms with van der Waals surface area (Å²) in [7, 11) is 1.88. The van der Waals surface area contributed by atoms with Gasteiger partial charge in [0.05, 0.1) is 17.6 Å². The summed E-state index contributed by atoms with van der Waals surface area (Å²) < 4.78 is 15.1. The van der Waals surface area contributed by atoms with Crippen LogP contribution in [0.3, 0.4) is 0 Å². The molecule has 2 aromatic rings. The van der Waals surface area contributed by atoms with Crippen LogP contribution < -0.4 is 5.32 Å². The SMILES string of the molecule is Cc1c(NCc2ccccc2F)cnn1C. The Morgan fingerprint density at radius 1 is 1.38 bits per heavy atom. The zero-order chi connectivity index (χ0) is 11.5. The van der Waals surface area contributed by atoms with Gasteiger partial charge in [-0.2, -0.15) is 5.10 Å². The van der Waals surface area contributed by atoms with Crippen LogP contribution in [0, 0.1) is 12.7 Å². The third-order valence-electron chi connectivity index (χ3n) is 2.66. The van der Waals surface area contributed by atoms with Gasteiger partial charge in [0.25, 0.3) is 0 Å². The Morgan fingerprint density at radius 3 is 2.75 bits per heavy atom. The van der Waals surface area contributed by atoms with E-state index in [4.69, 9.17) is 0 Å². The molecule has 1 heterocycles. The average Bonchev–Trinajstić information content (AvgIpc) is 2.59. The largest absolute Gasteiger partial charge is 0.378 e. The van der Waals surface area contributed by atoms with Gasteiger partial charge in [-0.1, -0.05) is 18.2 Å². The Kier molecular flexibility index (Phi) is 2.90. The minimum Gasteiger partial charge on any atom is -0.378 e. The van der Waals surface area contributed by atoms with Gasteiger partial charge in [0.15, 0.2) is 0 Å². The van der Waals surface area contributed by atoms with Crippen molar-refractivity contribution in [1.29, 1.82) is 0 Å². The molecule has 1 aromatic heterocycles. The summed E-state index contributed by atoms with van der Waals surface area (Å²) in [4.78, 5) is 0. The zero-order valence-electron chi connectivity index (χ0n) is 9.37. The van der Waals surface area contributed by atoms with E-state index in [0.29, 0.717) is 12.1 Å². The Hall–Kier alpha value is -1.84. The maximum absolute atomic E-state index is 13.3. The number of nitrogens with zero attached hydrogens (tertiary/aromatic N) is 2. The van der Waals surface area contributed by atoms with E-state index in [9.17, 15) is 4.39 Å². The molecular weight excluding hydrogens is 205 g/mol. The topological polar surface area (TPSA) is 29.9 Å². The molecule has 0 saturated carbocycles. The first-order valence-electron chi connectivity index (χ1n) is 5.14. The van der Waals surface area contributed by atoms with Crippen LogP contribution in [0.2, 0.25) is 0 Å². The van der Waals surface area contributed by atoms with Gasteiger partial charge in [0.1, 0.15) is 5.82 Å². The molecule has 0 unspecified atom stereocenters. The van der Waals surface area contributed by atoms with E-state index in [1.807, 2.05) is 20.0 Å². The van der Waals surface area contributed by atoms with Crippen LogP contribution in [-0.4, -0.2) is 9.78 Å². The Balaban J connectivity index is 2.08. The number of benzene rings is 1. The number of aryl methyl sites for hydroxylation is 1. The monoisotopic (exact) mass is 219 g/mol. The van der Waals surface area contributed by atoms with Gasteiger partial charge < -0.3 is 5.32 Å². The first-order chi connectivity index (χ1) is 7.68. The average molecular weight is 219 g/mol. The second-order valence-corrected chi connectivity index (χ2v) is 3.71. The first-order valence-corrected chi connectivity index (χ1v) is 5.14. The van der Waals surface area contributed by atoms with E-state index >= 15 is 0 Å². The maximum Gasteiger partial charge on any atom is 0.128 e. The molecule has 0 saturated heterocycles. The van der Waals surface area contributed by atoms with Crippen molar-refractivity contribution in [2.24, 2.45) is 7.05 Å². The van der Waals surface area contributed by atoms with Crippen LogP contribution in [0.5, 0.6) is 0 Å². The number of aromatic nitrogens is 2. The lowest BCUT2D eigenvalue weighted by molar-refractivity contribution is 0.613. The number of rotatable bonds is 3. The van der Waals surface area contributed by atoms with Crippen molar-refractivity contribution < 1.29 is 4.39 Å². The summed E-state index contributed by atoms with van der Waals surface area (Å²) in [6.45, 7) is 2.44. The standard InChI is InChI=1S/C12H14FN3/c1-9-12(8-15-16(9)2)14-7-10-5-3-4-6-11(10)13/h3-6,8,14H,7H2,1-2H3. The lowest BCUT2D eigenvalue weighted by atomic mass is 10.2. The van der Waals surface area contributed by atoms with Gasteiger partial charge in [0.2, 0.25) is 0 Å². The van der Waals surface area contributed by atoms with E-state index in [1.54, 1.807) is 23.0 Å². The fraction of sp³-hybridized carbons (Fsp3) is 0.250. The normalized spacial score (nSPS) is 10.4. The van der Waals surface area contributed by atoms with E-state index in [1.165, 1.54) is 6.07 Å². The zero-order valence-corrected chi connectivity index (χ0v) is 9.37. The summed E-state index contributed by atoms with van der Waals surface area (Å²) in [5.74, 6) is -0.184. The molecular formula is C12H14FN3. The van der Waals surface area contributed by atoms with Gasteiger partial charge >= 0.3 is 0 Å². The summed E-state index contributed by atoms with van der Waals surface area (Å²) in [5.41, 5.74) is 2.63. The molecule has 0 amide bonds. The van der Waals surface area contributed by atoms with Crippen molar-refractivity contribution in [2.75, 3.05) is 5.32 Å². The van der Waals surface area contributed by atoms with Crippen molar-refractivity contribution in [3.05, 3.63) is 47.5 Å². The molecule has 4 heteroatoms. The van der Waals surface area contributed by atoms with Crippen LogP contribution >= 0.6 is 0 Å². The molecule has 16 heavy (non-hydrogen) atoms. The number of nitrogens with one attached hydrogen (secondary N) is 1. The van der Waals surface area contributed by atoms with Crippen LogP contribution in [0.15, 0.2) is 30.5 Å². The first kappa shape index (κ1) is 10.7. The fourth-order valence-corrected chi connectivity index (χ4v) is 1.50. The maximum atomic E-state index is 13.3. The minimum absolute atomic E-state index is 0.184. The third-order valence-corrected chi connectivity index (χ3v) is 2.66. The molecule has 1 N–H and O–H groups in total. The lowest BCUT2D eigenvalue weighted by Crippen LogP contribution is -2.02. The number of hydrogen-bond acceptors (Lipinski definition) is 2. The molecule has 0 radical (unpaired) electrons. The van der Waals surface area contributed by atoms with Gasteiger partial charge in [-0.05, 0) is 13.0 Å². The predicted molar refractivity (Wildman–Crippen MR) is 61.7 cm³/mol. The van der Waals surface area contributed by atoms with E-state index < -0.39 is 0 Å². The van der Waals surface area contributed by atoms with Crippen LogP contribution in [-0.2, 0) is 13.6 Å². The summed E-state index contributed by atoms with van der Waals surface area (Å²) >= 11 is 0. The summed E-state index contributed by atoms with van der Waals surface area (Å²) in [6.07, 6.45) is 1.75. The molecule has 84 valence electrons. The van der Waals surface area contributed by atoms with E-state index in [-0.39, 0.29) is 5.82 Å². The van der Waals surface area contributed by atoms with Gasteiger partial charge in [-0.3, -0.25) is 4.68 Å². The summed E-state index contributed by atoms with van der Waals surface area (Å²) in [5, 5.41) is 7.28. The molecule has 0 aliphatic rings. The molecule has 0 aliphatic heterocycles. The van der Waals surface area contributed by atoms with Gasteiger partial charge in [-0.15, -0.1) is 0 Å². The van der Waals surface area contributed by atoms with Crippen LogP contribution in [0.4, 0.5) is 10.1 Å². The summed E-state index contributed by atoms with van der Waals surface area (Å²) in [6, 6.07) is 6.76. The van der Waals surface area contributed by atoms with Crippen molar-refractivity contribution in [3.8, 4) is 0 Å². The molecule has 0 atom stereocenters. The highest BCUT2D eigenvalue weighted by Gasteiger charge is 2.04. The van der Waals surface area contributed by atoms with Crippen LogP contribution in [0.1, 0.15) is 11.3 Å². The molecule has 0 bridgehead atoms. The quantitative estimate of drug-likeness (QED) is 0.859. The Bertz CT molecular complexity index is 491. The number of anilines is 1. The molecule has 0 fully saturated rings. The van der Waals surface area contributed by atoms with Gasteiger partial charge in [0, 0.05) is 19.2 Å².